The number of hydrogen-bond acceptors (Lipinski definition) is 3. The molecule has 2 aliphatic rings. The number of carbonyl (C=O) groups excluding carboxylic acids is 1. The van der Waals surface area contributed by atoms with Crippen molar-refractivity contribution >= 4 is 5.91 Å². The SMILES string of the molecule is O=C(Cc1ccc2c(c1)CCO2)N1CCCCC[C@@H]1c1ccncc1. The van der Waals surface area contributed by atoms with Crippen LogP contribution in [0.4, 0.5) is 0 Å². The van der Waals surface area contributed by atoms with E-state index in [1.807, 2.05) is 36.7 Å². The van der Waals surface area contributed by atoms with Gasteiger partial charge in [0.25, 0.3) is 0 Å². The number of fused-ring (bicyclic) bond motifs is 1. The van der Waals surface area contributed by atoms with Crippen molar-refractivity contribution in [2.75, 3.05) is 13.2 Å². The number of ether oxygens (including phenoxy) is 1. The molecule has 4 nitrogen and oxygen atoms in total. The summed E-state index contributed by atoms with van der Waals surface area (Å²) in [5.74, 6) is 1.20. The lowest BCUT2D eigenvalue weighted by atomic mass is 10.0. The highest BCUT2D eigenvalue weighted by molar-refractivity contribution is 5.79. The van der Waals surface area contributed by atoms with E-state index in [0.29, 0.717) is 6.42 Å². The molecule has 2 aliphatic heterocycles. The fourth-order valence-electron chi connectivity index (χ4n) is 3.97. The molecule has 1 aromatic heterocycles. The van der Waals surface area contributed by atoms with Gasteiger partial charge in [-0.05, 0) is 47.7 Å². The van der Waals surface area contributed by atoms with Crippen molar-refractivity contribution in [3.05, 3.63) is 59.4 Å². The molecule has 0 spiro atoms. The number of nitrogens with zero attached hydrogens (tertiary/aromatic N) is 2. The molecule has 130 valence electrons. The second-order valence-corrected chi connectivity index (χ2v) is 6.95. The predicted octanol–water partition coefficient (Wildman–Crippen LogP) is 3.70. The Labute approximate surface area is 148 Å². The summed E-state index contributed by atoms with van der Waals surface area (Å²) in [6.45, 7) is 1.60. The van der Waals surface area contributed by atoms with Crippen LogP contribution in [0.15, 0.2) is 42.7 Å². The second kappa shape index (κ2) is 7.26. The van der Waals surface area contributed by atoms with E-state index in [4.69, 9.17) is 4.74 Å². The molecule has 1 aromatic carbocycles. The molecule has 0 saturated carbocycles. The molecule has 0 N–H and O–H groups in total. The van der Waals surface area contributed by atoms with Gasteiger partial charge < -0.3 is 9.64 Å². The Morgan fingerprint density at radius 2 is 2.04 bits per heavy atom. The van der Waals surface area contributed by atoms with Crippen LogP contribution in [0.5, 0.6) is 5.75 Å². The average molecular weight is 336 g/mol. The number of pyridine rings is 1. The fraction of sp³-hybridized carbons (Fsp3) is 0.429. The number of aromatic nitrogens is 1. The topological polar surface area (TPSA) is 42.4 Å². The molecular weight excluding hydrogens is 312 g/mol. The van der Waals surface area contributed by atoms with Crippen molar-refractivity contribution in [1.29, 1.82) is 0 Å². The van der Waals surface area contributed by atoms with Gasteiger partial charge in [0.1, 0.15) is 5.75 Å². The summed E-state index contributed by atoms with van der Waals surface area (Å²) in [7, 11) is 0. The fourth-order valence-corrected chi connectivity index (χ4v) is 3.97. The maximum atomic E-state index is 13.1. The summed E-state index contributed by atoms with van der Waals surface area (Å²) in [4.78, 5) is 19.3. The number of rotatable bonds is 3. The highest BCUT2D eigenvalue weighted by Crippen LogP contribution is 2.31. The first-order chi connectivity index (χ1) is 12.3. The molecule has 1 fully saturated rings. The highest BCUT2D eigenvalue weighted by atomic mass is 16.5. The van der Waals surface area contributed by atoms with Crippen molar-refractivity contribution in [2.24, 2.45) is 0 Å². The minimum atomic E-state index is 0.177. The zero-order chi connectivity index (χ0) is 17.1. The van der Waals surface area contributed by atoms with Gasteiger partial charge in [-0.3, -0.25) is 9.78 Å². The lowest BCUT2D eigenvalue weighted by Crippen LogP contribution is -2.35. The Morgan fingerprint density at radius 1 is 1.16 bits per heavy atom. The lowest BCUT2D eigenvalue weighted by Gasteiger charge is -2.30. The summed E-state index contributed by atoms with van der Waals surface area (Å²) >= 11 is 0. The van der Waals surface area contributed by atoms with Crippen LogP contribution in [0.1, 0.15) is 48.4 Å². The van der Waals surface area contributed by atoms with E-state index in [2.05, 4.69) is 16.0 Å². The van der Waals surface area contributed by atoms with Crippen LogP contribution in [0, 0.1) is 0 Å². The molecule has 0 aliphatic carbocycles. The monoisotopic (exact) mass is 336 g/mol. The number of benzene rings is 1. The van der Waals surface area contributed by atoms with Crippen molar-refractivity contribution in [2.45, 2.75) is 44.6 Å². The van der Waals surface area contributed by atoms with E-state index >= 15 is 0 Å². The van der Waals surface area contributed by atoms with Crippen molar-refractivity contribution < 1.29 is 9.53 Å². The molecular formula is C21H24N2O2. The van der Waals surface area contributed by atoms with Gasteiger partial charge in [-0.15, -0.1) is 0 Å². The average Bonchev–Trinajstić information content (AvgIpc) is 2.96. The maximum Gasteiger partial charge on any atom is 0.227 e. The van der Waals surface area contributed by atoms with Gasteiger partial charge in [-0.2, -0.15) is 0 Å². The van der Waals surface area contributed by atoms with Gasteiger partial charge in [0.15, 0.2) is 0 Å². The van der Waals surface area contributed by atoms with E-state index in [-0.39, 0.29) is 11.9 Å². The minimum absolute atomic E-state index is 0.177. The smallest absolute Gasteiger partial charge is 0.227 e. The largest absolute Gasteiger partial charge is 0.493 e. The first-order valence-electron chi connectivity index (χ1n) is 9.25. The first-order valence-corrected chi connectivity index (χ1v) is 9.25. The first kappa shape index (κ1) is 16.1. The lowest BCUT2D eigenvalue weighted by molar-refractivity contribution is -0.132. The summed E-state index contributed by atoms with van der Waals surface area (Å²) in [5.41, 5.74) is 3.52. The molecule has 0 unspecified atom stereocenters. The van der Waals surface area contributed by atoms with Crippen LogP contribution >= 0.6 is 0 Å². The van der Waals surface area contributed by atoms with Crippen LogP contribution in [0.3, 0.4) is 0 Å². The van der Waals surface area contributed by atoms with Crippen LogP contribution in [0.2, 0.25) is 0 Å². The van der Waals surface area contributed by atoms with E-state index in [1.165, 1.54) is 24.0 Å². The van der Waals surface area contributed by atoms with Gasteiger partial charge in [0.05, 0.1) is 19.1 Å². The molecule has 25 heavy (non-hydrogen) atoms. The van der Waals surface area contributed by atoms with E-state index in [9.17, 15) is 4.79 Å². The third-order valence-corrected chi connectivity index (χ3v) is 5.27. The Balaban J connectivity index is 1.54. The minimum Gasteiger partial charge on any atom is -0.493 e. The Hall–Kier alpha value is -2.36. The molecule has 0 bridgehead atoms. The molecule has 2 aromatic rings. The highest BCUT2D eigenvalue weighted by Gasteiger charge is 2.27. The maximum absolute atomic E-state index is 13.1. The van der Waals surface area contributed by atoms with E-state index < -0.39 is 0 Å². The van der Waals surface area contributed by atoms with Crippen molar-refractivity contribution in [3.63, 3.8) is 0 Å². The molecule has 1 saturated heterocycles. The van der Waals surface area contributed by atoms with Crippen molar-refractivity contribution in [3.8, 4) is 5.75 Å². The van der Waals surface area contributed by atoms with Gasteiger partial charge in [0, 0.05) is 25.4 Å². The summed E-state index contributed by atoms with van der Waals surface area (Å²) in [5, 5.41) is 0. The molecule has 3 heterocycles. The molecule has 1 atom stereocenters. The number of carbonyl (C=O) groups is 1. The molecule has 4 heteroatoms. The van der Waals surface area contributed by atoms with Crippen LogP contribution in [-0.4, -0.2) is 28.9 Å². The zero-order valence-corrected chi connectivity index (χ0v) is 14.5. The van der Waals surface area contributed by atoms with Gasteiger partial charge in [-0.25, -0.2) is 0 Å². The standard InChI is InChI=1S/C21H24N2O2/c24-21(15-16-5-6-20-18(14-16)9-13-25-20)23-12-3-1-2-4-19(23)17-7-10-22-11-8-17/h5-8,10-11,14,19H,1-4,9,12-13,15H2/t19-/m1/s1. The zero-order valence-electron chi connectivity index (χ0n) is 14.5. The second-order valence-electron chi connectivity index (χ2n) is 6.95. The van der Waals surface area contributed by atoms with Crippen LogP contribution in [0.25, 0.3) is 0 Å². The van der Waals surface area contributed by atoms with E-state index in [0.717, 1.165) is 43.7 Å². The van der Waals surface area contributed by atoms with E-state index in [1.54, 1.807) is 0 Å². The van der Waals surface area contributed by atoms with Crippen LogP contribution < -0.4 is 4.74 Å². The Morgan fingerprint density at radius 3 is 2.92 bits per heavy atom. The Bertz CT molecular complexity index is 745. The molecule has 1 amide bonds. The summed E-state index contributed by atoms with van der Waals surface area (Å²) in [6.07, 6.45) is 9.55. The number of hydrogen-bond donors (Lipinski definition) is 0. The third-order valence-electron chi connectivity index (χ3n) is 5.27. The Kier molecular flexibility index (Phi) is 4.68. The van der Waals surface area contributed by atoms with Gasteiger partial charge in [-0.1, -0.05) is 25.0 Å². The number of likely N-dealkylation sites (tertiary alicyclic amines) is 1. The predicted molar refractivity (Wildman–Crippen MR) is 96.5 cm³/mol. The third kappa shape index (κ3) is 3.53. The normalized spacial score (nSPS) is 19.8. The number of amides is 1. The van der Waals surface area contributed by atoms with Gasteiger partial charge in [0.2, 0.25) is 5.91 Å². The van der Waals surface area contributed by atoms with Crippen LogP contribution in [-0.2, 0) is 17.6 Å². The quantitative estimate of drug-likeness (QED) is 0.858. The summed E-state index contributed by atoms with van der Waals surface area (Å²) < 4.78 is 5.56. The summed E-state index contributed by atoms with van der Waals surface area (Å²) in [6, 6.07) is 10.4. The van der Waals surface area contributed by atoms with Gasteiger partial charge >= 0.3 is 0 Å². The van der Waals surface area contributed by atoms with Crippen molar-refractivity contribution in [1.82, 2.24) is 9.88 Å². The molecule has 4 rings (SSSR count). The molecule has 0 radical (unpaired) electrons.